The van der Waals surface area contributed by atoms with Crippen molar-refractivity contribution in [3.63, 3.8) is 0 Å². The molecule has 1 fully saturated rings. The number of nitrogens with zero attached hydrogens (tertiary/aromatic N) is 7. The molecule has 0 spiro atoms. The molecule has 1 saturated heterocycles. The lowest BCUT2D eigenvalue weighted by molar-refractivity contribution is 0.116. The summed E-state index contributed by atoms with van der Waals surface area (Å²) in [5.41, 5.74) is 7.19. The van der Waals surface area contributed by atoms with Crippen LogP contribution in [0.1, 0.15) is 36.1 Å². The number of likely N-dealkylation sites (tertiary alicyclic amines) is 1. The second kappa shape index (κ2) is 8.71. The summed E-state index contributed by atoms with van der Waals surface area (Å²) in [6, 6.07) is 7.22. The fraction of sp³-hybridized carbons (Fsp3) is 0.350. The van der Waals surface area contributed by atoms with Gasteiger partial charge in [0.25, 0.3) is 11.8 Å². The van der Waals surface area contributed by atoms with Crippen molar-refractivity contribution in [3.8, 4) is 22.0 Å². The van der Waals surface area contributed by atoms with Crippen LogP contribution in [0.2, 0.25) is 0 Å². The van der Waals surface area contributed by atoms with Crippen LogP contribution in [0.15, 0.2) is 41.1 Å². The van der Waals surface area contributed by atoms with E-state index < -0.39 is 12.3 Å². The van der Waals surface area contributed by atoms with Crippen LogP contribution in [0.25, 0.3) is 22.0 Å². The second-order valence-corrected chi connectivity index (χ2v) is 8.64. The van der Waals surface area contributed by atoms with Gasteiger partial charge in [0.1, 0.15) is 17.6 Å². The monoisotopic (exact) mass is 458 g/mol. The number of nitrogens with two attached hydrogens (primary N) is 1. The number of hydrogen-bond donors (Lipinski definition) is 1. The third kappa shape index (κ3) is 4.23. The minimum absolute atomic E-state index is 0.0868. The lowest BCUT2D eigenvalue weighted by atomic mass is 10.2. The van der Waals surface area contributed by atoms with Gasteiger partial charge in [-0.05, 0) is 50.2 Å². The smallest absolute Gasteiger partial charge is 0.314 e. The van der Waals surface area contributed by atoms with Crippen molar-refractivity contribution in [2.45, 2.75) is 25.3 Å². The van der Waals surface area contributed by atoms with Crippen LogP contribution in [0.3, 0.4) is 0 Å². The lowest BCUT2D eigenvalue weighted by Gasteiger charge is -2.22. The molecule has 5 rings (SSSR count). The molecule has 4 aromatic rings. The zero-order chi connectivity index (χ0) is 22.1. The van der Waals surface area contributed by atoms with Gasteiger partial charge in [0.15, 0.2) is 0 Å². The zero-order valence-corrected chi connectivity index (χ0v) is 17.8. The second-order valence-electron chi connectivity index (χ2n) is 7.53. The molecule has 0 unspecified atom stereocenters. The third-order valence-electron chi connectivity index (χ3n) is 5.33. The van der Waals surface area contributed by atoms with Crippen molar-refractivity contribution in [1.82, 2.24) is 35.1 Å². The summed E-state index contributed by atoms with van der Waals surface area (Å²) < 4.78 is 32.6. The summed E-state index contributed by atoms with van der Waals surface area (Å²) in [5.74, 6) is -0.152. The van der Waals surface area contributed by atoms with Crippen LogP contribution in [0, 0.1) is 0 Å². The Morgan fingerprint density at radius 2 is 1.94 bits per heavy atom. The first-order chi connectivity index (χ1) is 15.6. The molecule has 0 radical (unpaired) electrons. The van der Waals surface area contributed by atoms with Gasteiger partial charge in [0.2, 0.25) is 0 Å². The first kappa shape index (κ1) is 20.6. The molecule has 2 N–H and O–H groups in total. The molecule has 0 aliphatic carbocycles. The number of pyridine rings is 1. The molecule has 1 aliphatic heterocycles. The Morgan fingerprint density at radius 3 is 2.66 bits per heavy atom. The molecule has 0 saturated carbocycles. The van der Waals surface area contributed by atoms with Crippen molar-refractivity contribution in [1.29, 1.82) is 0 Å². The van der Waals surface area contributed by atoms with Gasteiger partial charge >= 0.3 is 6.43 Å². The molecule has 4 aromatic heterocycles. The Morgan fingerprint density at radius 1 is 1.09 bits per heavy atom. The molecule has 0 aromatic carbocycles. The molecule has 12 heteroatoms. The normalized spacial score (nSPS) is 15.6. The van der Waals surface area contributed by atoms with E-state index in [-0.39, 0.29) is 11.9 Å². The molecule has 9 nitrogen and oxygen atoms in total. The Balaban J connectivity index is 1.45. The molecule has 5 heterocycles. The van der Waals surface area contributed by atoms with Crippen LogP contribution in [0.4, 0.5) is 14.6 Å². The molecular formula is C20H20F2N8OS. The number of halogens is 2. The largest absolute Gasteiger partial charge is 0.414 e. The SMILES string of the molecule is Nc1ccc(-c2cn([C@@H](CN3CCCC3)c3ccc(-c4nnc(C(F)F)o4)s3)nn2)cn1. The van der Waals surface area contributed by atoms with E-state index in [2.05, 4.69) is 30.4 Å². The average molecular weight is 458 g/mol. The van der Waals surface area contributed by atoms with E-state index in [9.17, 15) is 8.78 Å². The third-order valence-corrected chi connectivity index (χ3v) is 6.51. The van der Waals surface area contributed by atoms with Gasteiger partial charge < -0.3 is 15.1 Å². The molecule has 32 heavy (non-hydrogen) atoms. The number of rotatable bonds is 7. The molecule has 166 valence electrons. The Bertz CT molecular complexity index is 1180. The van der Waals surface area contributed by atoms with Gasteiger partial charge in [-0.3, -0.25) is 0 Å². The van der Waals surface area contributed by atoms with Crippen LogP contribution in [0.5, 0.6) is 0 Å². The number of nitrogen functional groups attached to an aromatic ring is 1. The van der Waals surface area contributed by atoms with Gasteiger partial charge in [0, 0.05) is 23.2 Å². The highest BCUT2D eigenvalue weighted by Gasteiger charge is 2.25. The number of thiophene rings is 1. The van der Waals surface area contributed by atoms with E-state index in [1.54, 1.807) is 12.3 Å². The topological polar surface area (TPSA) is 112 Å². The Hall–Kier alpha value is -3.25. The van der Waals surface area contributed by atoms with Gasteiger partial charge in [-0.15, -0.1) is 26.6 Å². The highest BCUT2D eigenvalue weighted by molar-refractivity contribution is 7.15. The predicted molar refractivity (Wildman–Crippen MR) is 114 cm³/mol. The molecular weight excluding hydrogens is 438 g/mol. The van der Waals surface area contributed by atoms with E-state index in [1.807, 2.05) is 29.1 Å². The number of anilines is 1. The molecule has 0 amide bonds. The highest BCUT2D eigenvalue weighted by Crippen LogP contribution is 2.34. The molecule has 1 atom stereocenters. The fourth-order valence-corrected chi connectivity index (χ4v) is 4.72. The van der Waals surface area contributed by atoms with Crippen molar-refractivity contribution >= 4 is 17.2 Å². The maximum absolute atomic E-state index is 12.8. The maximum Gasteiger partial charge on any atom is 0.314 e. The van der Waals surface area contributed by atoms with Crippen molar-refractivity contribution in [3.05, 3.63) is 47.4 Å². The number of hydrogen-bond acceptors (Lipinski definition) is 9. The molecule has 0 bridgehead atoms. The summed E-state index contributed by atoms with van der Waals surface area (Å²) >= 11 is 1.42. The van der Waals surface area contributed by atoms with E-state index >= 15 is 0 Å². The van der Waals surface area contributed by atoms with Gasteiger partial charge in [-0.1, -0.05) is 5.21 Å². The van der Waals surface area contributed by atoms with Gasteiger partial charge in [-0.2, -0.15) is 8.78 Å². The quantitative estimate of drug-likeness (QED) is 0.447. The van der Waals surface area contributed by atoms with E-state index in [0.29, 0.717) is 16.4 Å². The predicted octanol–water partition coefficient (Wildman–Crippen LogP) is 3.66. The number of aromatic nitrogens is 6. The highest BCUT2D eigenvalue weighted by atomic mass is 32.1. The lowest BCUT2D eigenvalue weighted by Crippen LogP contribution is -2.29. The minimum Gasteiger partial charge on any atom is -0.414 e. The van der Waals surface area contributed by atoms with Crippen LogP contribution in [-0.4, -0.2) is 54.7 Å². The van der Waals surface area contributed by atoms with Crippen LogP contribution >= 0.6 is 11.3 Å². The van der Waals surface area contributed by atoms with E-state index in [4.69, 9.17) is 10.2 Å². The Kier molecular flexibility index (Phi) is 5.62. The summed E-state index contributed by atoms with van der Waals surface area (Å²) in [6.45, 7) is 2.81. The summed E-state index contributed by atoms with van der Waals surface area (Å²) in [7, 11) is 0. The van der Waals surface area contributed by atoms with E-state index in [1.165, 1.54) is 24.2 Å². The van der Waals surface area contributed by atoms with E-state index in [0.717, 1.165) is 30.1 Å². The fourth-order valence-electron chi connectivity index (χ4n) is 3.70. The van der Waals surface area contributed by atoms with Crippen LogP contribution < -0.4 is 5.73 Å². The first-order valence-corrected chi connectivity index (χ1v) is 11.0. The van der Waals surface area contributed by atoms with Crippen molar-refractivity contribution in [2.24, 2.45) is 0 Å². The van der Waals surface area contributed by atoms with Crippen molar-refractivity contribution in [2.75, 3.05) is 25.4 Å². The summed E-state index contributed by atoms with van der Waals surface area (Å²) in [6.07, 6.45) is 3.09. The van der Waals surface area contributed by atoms with Crippen molar-refractivity contribution < 1.29 is 13.2 Å². The maximum atomic E-state index is 12.8. The minimum atomic E-state index is -2.80. The average Bonchev–Trinajstić information content (AvgIpc) is 3.59. The molecule has 1 aliphatic rings. The Labute approximate surface area is 185 Å². The summed E-state index contributed by atoms with van der Waals surface area (Å²) in [5, 5.41) is 15.9. The van der Waals surface area contributed by atoms with Gasteiger partial charge in [0.05, 0.1) is 11.1 Å². The summed E-state index contributed by atoms with van der Waals surface area (Å²) in [4.78, 5) is 8.14. The van der Waals surface area contributed by atoms with Crippen LogP contribution in [-0.2, 0) is 0 Å². The zero-order valence-electron chi connectivity index (χ0n) is 16.9. The van der Waals surface area contributed by atoms with Gasteiger partial charge in [-0.25, -0.2) is 9.67 Å². The number of alkyl halides is 2. The first-order valence-electron chi connectivity index (χ1n) is 10.1. The standard InChI is InChI=1S/C20H20F2N8OS/c21-18(22)20-27-26-19(31-20)16-5-4-15(32-16)14(11-29-7-1-2-8-29)30-10-13(25-28-30)12-3-6-17(23)24-9-12/h3-6,9-10,14,18H,1-2,7-8,11H2,(H2,23,24)/t14-/m0/s1.